The lowest BCUT2D eigenvalue weighted by atomic mass is 10.2. The molecular weight excluding hydrogens is 250 g/mol. The van der Waals surface area contributed by atoms with E-state index in [1.165, 1.54) is 23.9 Å². The van der Waals surface area contributed by atoms with Gasteiger partial charge in [0.1, 0.15) is 23.5 Å². The first-order chi connectivity index (χ1) is 8.54. The monoisotopic (exact) mass is 265 g/mol. The molecule has 0 aliphatic heterocycles. The Kier molecular flexibility index (Phi) is 3.47. The first-order valence-corrected chi connectivity index (χ1v) is 6.35. The predicted molar refractivity (Wildman–Crippen MR) is 72.2 cm³/mol. The molecule has 0 amide bonds. The number of aromatic nitrogens is 2. The van der Waals surface area contributed by atoms with Crippen molar-refractivity contribution in [2.24, 2.45) is 0 Å². The fourth-order valence-corrected chi connectivity index (χ4v) is 2.78. The van der Waals surface area contributed by atoms with Crippen molar-refractivity contribution in [3.8, 4) is 0 Å². The SMILES string of the molecule is COC(=O)CN(C)c1ncnc2sc(C)c(C)c12. The maximum absolute atomic E-state index is 11.3. The Bertz CT molecular complexity index is 594. The summed E-state index contributed by atoms with van der Waals surface area (Å²) in [5.74, 6) is 0.487. The standard InChI is InChI=1S/C12H15N3O2S/c1-7-8(2)18-12-10(7)11(13-6-14-12)15(3)5-9(16)17-4/h6H,5H2,1-4H3. The molecule has 96 valence electrons. The number of thiophene rings is 1. The Balaban J connectivity index is 2.47. The van der Waals surface area contributed by atoms with Crippen LogP contribution in [0.2, 0.25) is 0 Å². The lowest BCUT2D eigenvalue weighted by Gasteiger charge is -2.17. The van der Waals surface area contributed by atoms with Gasteiger partial charge in [-0.25, -0.2) is 9.97 Å². The van der Waals surface area contributed by atoms with Gasteiger partial charge in [0, 0.05) is 11.9 Å². The topological polar surface area (TPSA) is 55.3 Å². The van der Waals surface area contributed by atoms with Crippen LogP contribution in [0.5, 0.6) is 0 Å². The highest BCUT2D eigenvalue weighted by Gasteiger charge is 2.16. The minimum atomic E-state index is -0.283. The molecule has 2 rings (SSSR count). The van der Waals surface area contributed by atoms with E-state index in [1.54, 1.807) is 16.2 Å². The molecule has 0 saturated carbocycles. The number of anilines is 1. The zero-order chi connectivity index (χ0) is 13.3. The zero-order valence-electron chi connectivity index (χ0n) is 10.9. The molecule has 0 N–H and O–H groups in total. The van der Waals surface area contributed by atoms with E-state index in [9.17, 15) is 4.79 Å². The van der Waals surface area contributed by atoms with E-state index in [0.717, 1.165) is 16.0 Å². The summed E-state index contributed by atoms with van der Waals surface area (Å²) in [6.07, 6.45) is 1.53. The predicted octanol–water partition coefficient (Wildman–Crippen LogP) is 1.92. The molecular formula is C12H15N3O2S. The summed E-state index contributed by atoms with van der Waals surface area (Å²) in [5.41, 5.74) is 1.17. The Morgan fingerprint density at radius 2 is 2.17 bits per heavy atom. The number of carbonyl (C=O) groups is 1. The van der Waals surface area contributed by atoms with Crippen LogP contribution in [0.3, 0.4) is 0 Å². The van der Waals surface area contributed by atoms with Crippen molar-refractivity contribution >= 4 is 33.3 Å². The smallest absolute Gasteiger partial charge is 0.325 e. The van der Waals surface area contributed by atoms with E-state index in [-0.39, 0.29) is 12.5 Å². The molecule has 0 radical (unpaired) electrons. The average molecular weight is 265 g/mol. The van der Waals surface area contributed by atoms with Crippen LogP contribution in [0, 0.1) is 13.8 Å². The molecule has 6 heteroatoms. The number of aryl methyl sites for hydroxylation is 2. The molecule has 0 spiro atoms. The van der Waals surface area contributed by atoms with Gasteiger partial charge in [0.2, 0.25) is 0 Å². The molecule has 18 heavy (non-hydrogen) atoms. The Labute approximate surface area is 109 Å². The van der Waals surface area contributed by atoms with Crippen LogP contribution < -0.4 is 4.90 Å². The summed E-state index contributed by atoms with van der Waals surface area (Å²) in [6, 6.07) is 0. The number of fused-ring (bicyclic) bond motifs is 1. The number of ether oxygens (including phenoxy) is 1. The van der Waals surface area contributed by atoms with Crippen molar-refractivity contribution in [3.05, 3.63) is 16.8 Å². The normalized spacial score (nSPS) is 10.7. The quantitative estimate of drug-likeness (QED) is 0.794. The Morgan fingerprint density at radius 3 is 2.83 bits per heavy atom. The van der Waals surface area contributed by atoms with Gasteiger partial charge < -0.3 is 9.64 Å². The molecule has 0 saturated heterocycles. The number of methoxy groups -OCH3 is 1. The number of nitrogens with zero attached hydrogens (tertiary/aromatic N) is 3. The molecule has 2 aromatic rings. The Hall–Kier alpha value is -1.69. The van der Waals surface area contributed by atoms with Crippen molar-refractivity contribution in [1.82, 2.24) is 9.97 Å². The van der Waals surface area contributed by atoms with E-state index < -0.39 is 0 Å². The number of likely N-dealkylation sites (N-methyl/N-ethyl adjacent to an activating group) is 1. The van der Waals surface area contributed by atoms with E-state index in [2.05, 4.69) is 21.6 Å². The average Bonchev–Trinajstić information content (AvgIpc) is 2.65. The van der Waals surface area contributed by atoms with Crippen LogP contribution in [0.4, 0.5) is 5.82 Å². The minimum absolute atomic E-state index is 0.178. The third-order valence-corrected chi connectivity index (χ3v) is 4.02. The molecule has 2 aromatic heterocycles. The summed E-state index contributed by atoms with van der Waals surface area (Å²) in [5, 5.41) is 1.02. The number of rotatable bonds is 3. The highest BCUT2D eigenvalue weighted by molar-refractivity contribution is 7.18. The fraction of sp³-hybridized carbons (Fsp3) is 0.417. The third kappa shape index (κ3) is 2.15. The fourth-order valence-electron chi connectivity index (χ4n) is 1.79. The molecule has 0 aliphatic carbocycles. The van der Waals surface area contributed by atoms with Gasteiger partial charge in [0.25, 0.3) is 0 Å². The van der Waals surface area contributed by atoms with E-state index in [4.69, 9.17) is 0 Å². The molecule has 2 heterocycles. The van der Waals surface area contributed by atoms with Gasteiger partial charge in [0.05, 0.1) is 12.5 Å². The molecule has 0 bridgehead atoms. The first-order valence-electron chi connectivity index (χ1n) is 5.53. The third-order valence-electron chi connectivity index (χ3n) is 2.90. The lowest BCUT2D eigenvalue weighted by molar-refractivity contribution is -0.138. The number of esters is 1. The lowest BCUT2D eigenvalue weighted by Crippen LogP contribution is -2.27. The molecule has 0 unspecified atom stereocenters. The number of carbonyl (C=O) groups excluding carboxylic acids is 1. The molecule has 0 aliphatic rings. The van der Waals surface area contributed by atoms with Gasteiger partial charge >= 0.3 is 5.97 Å². The minimum Gasteiger partial charge on any atom is -0.468 e. The second-order valence-corrected chi connectivity index (χ2v) is 5.30. The number of hydrogen-bond acceptors (Lipinski definition) is 6. The van der Waals surface area contributed by atoms with Crippen LogP contribution >= 0.6 is 11.3 Å². The van der Waals surface area contributed by atoms with Crippen LogP contribution in [-0.4, -0.2) is 36.6 Å². The second-order valence-electron chi connectivity index (χ2n) is 4.09. The highest BCUT2D eigenvalue weighted by atomic mass is 32.1. The summed E-state index contributed by atoms with van der Waals surface area (Å²) < 4.78 is 4.67. The van der Waals surface area contributed by atoms with Gasteiger partial charge in [0.15, 0.2) is 0 Å². The number of hydrogen-bond donors (Lipinski definition) is 0. The van der Waals surface area contributed by atoms with Crippen molar-refractivity contribution in [2.45, 2.75) is 13.8 Å². The van der Waals surface area contributed by atoms with E-state index in [1.807, 2.05) is 14.0 Å². The maximum atomic E-state index is 11.3. The summed E-state index contributed by atoms with van der Waals surface area (Å²) >= 11 is 1.64. The van der Waals surface area contributed by atoms with Gasteiger partial charge in [-0.2, -0.15) is 0 Å². The Morgan fingerprint density at radius 1 is 1.44 bits per heavy atom. The van der Waals surface area contributed by atoms with Crippen LogP contribution in [0.25, 0.3) is 10.2 Å². The van der Waals surface area contributed by atoms with E-state index in [0.29, 0.717) is 0 Å². The summed E-state index contributed by atoms with van der Waals surface area (Å²) in [6.45, 7) is 4.29. The first kappa shape index (κ1) is 12.8. The summed E-state index contributed by atoms with van der Waals surface area (Å²) in [7, 11) is 3.21. The van der Waals surface area contributed by atoms with Crippen LogP contribution in [0.15, 0.2) is 6.33 Å². The highest BCUT2D eigenvalue weighted by Crippen LogP contribution is 2.33. The molecule has 0 fully saturated rings. The van der Waals surface area contributed by atoms with Crippen LogP contribution in [0.1, 0.15) is 10.4 Å². The second kappa shape index (κ2) is 4.89. The van der Waals surface area contributed by atoms with Crippen molar-refractivity contribution in [1.29, 1.82) is 0 Å². The maximum Gasteiger partial charge on any atom is 0.325 e. The van der Waals surface area contributed by atoms with Crippen molar-refractivity contribution in [2.75, 3.05) is 25.6 Å². The van der Waals surface area contributed by atoms with E-state index >= 15 is 0 Å². The van der Waals surface area contributed by atoms with Crippen LogP contribution in [-0.2, 0) is 9.53 Å². The van der Waals surface area contributed by atoms with Crippen molar-refractivity contribution < 1.29 is 9.53 Å². The molecule has 0 aromatic carbocycles. The van der Waals surface area contributed by atoms with Gasteiger partial charge in [-0.3, -0.25) is 4.79 Å². The molecule has 0 atom stereocenters. The molecule has 5 nitrogen and oxygen atoms in total. The van der Waals surface area contributed by atoms with Gasteiger partial charge in [-0.15, -0.1) is 11.3 Å². The largest absolute Gasteiger partial charge is 0.468 e. The zero-order valence-corrected chi connectivity index (χ0v) is 11.7. The van der Waals surface area contributed by atoms with Crippen molar-refractivity contribution in [3.63, 3.8) is 0 Å². The summed E-state index contributed by atoms with van der Waals surface area (Å²) in [4.78, 5) is 23.8. The van der Waals surface area contributed by atoms with Gasteiger partial charge in [-0.05, 0) is 19.4 Å². The van der Waals surface area contributed by atoms with Gasteiger partial charge in [-0.1, -0.05) is 0 Å².